The van der Waals surface area contributed by atoms with Gasteiger partial charge in [0.15, 0.2) is 5.78 Å². The van der Waals surface area contributed by atoms with E-state index < -0.39 is 0 Å². The zero-order valence-electron chi connectivity index (χ0n) is 7.60. The number of fused-ring (bicyclic) bond motifs is 1. The van der Waals surface area contributed by atoms with Crippen molar-refractivity contribution in [3.63, 3.8) is 0 Å². The fourth-order valence-electron chi connectivity index (χ4n) is 1.81. The van der Waals surface area contributed by atoms with Crippen LogP contribution in [0.4, 0.5) is 5.69 Å². The lowest BCUT2D eigenvalue weighted by Crippen LogP contribution is -2.10. The summed E-state index contributed by atoms with van der Waals surface area (Å²) in [6, 6.07) is 5.42. The van der Waals surface area contributed by atoms with Gasteiger partial charge >= 0.3 is 0 Å². The standard InChI is InChI=1S/C10H9N3O/c11-13-12-8-5-1-3-7-4-2-6-9(14)10(7)8/h1,3,5H,2,4,6H2. The molecule has 1 aromatic carbocycles. The van der Waals surface area contributed by atoms with Crippen LogP contribution in [0.5, 0.6) is 0 Å². The Balaban J connectivity index is 2.62. The SMILES string of the molecule is [N-]=[N+]=Nc1cccc2c1C(=O)CCC2. The summed E-state index contributed by atoms with van der Waals surface area (Å²) in [6.45, 7) is 0. The molecule has 0 saturated heterocycles. The molecule has 70 valence electrons. The first-order chi connectivity index (χ1) is 6.83. The van der Waals surface area contributed by atoms with Crippen molar-refractivity contribution >= 4 is 11.5 Å². The van der Waals surface area contributed by atoms with Gasteiger partial charge in [0.25, 0.3) is 0 Å². The van der Waals surface area contributed by atoms with E-state index >= 15 is 0 Å². The van der Waals surface area contributed by atoms with Crippen molar-refractivity contribution in [2.75, 3.05) is 0 Å². The molecular weight excluding hydrogens is 178 g/mol. The minimum atomic E-state index is 0.0919. The van der Waals surface area contributed by atoms with Gasteiger partial charge in [-0.3, -0.25) is 4.79 Å². The van der Waals surface area contributed by atoms with Crippen LogP contribution < -0.4 is 0 Å². The first-order valence-corrected chi connectivity index (χ1v) is 4.53. The predicted molar refractivity (Wildman–Crippen MR) is 52.5 cm³/mol. The van der Waals surface area contributed by atoms with Gasteiger partial charge in [0.05, 0.1) is 0 Å². The summed E-state index contributed by atoms with van der Waals surface area (Å²) in [5, 5.41) is 3.53. The number of nitrogens with zero attached hydrogens (tertiary/aromatic N) is 3. The molecule has 4 nitrogen and oxygen atoms in total. The molecule has 0 unspecified atom stereocenters. The molecule has 0 saturated carbocycles. The number of hydrogen-bond donors (Lipinski definition) is 0. The summed E-state index contributed by atoms with van der Waals surface area (Å²) >= 11 is 0. The van der Waals surface area contributed by atoms with E-state index in [1.165, 1.54) is 0 Å². The Hall–Kier alpha value is -1.80. The molecule has 1 aromatic rings. The van der Waals surface area contributed by atoms with Gasteiger partial charge in [0.1, 0.15) is 0 Å². The number of rotatable bonds is 1. The van der Waals surface area contributed by atoms with Crippen LogP contribution in [0.2, 0.25) is 0 Å². The van der Waals surface area contributed by atoms with E-state index in [0.717, 1.165) is 18.4 Å². The van der Waals surface area contributed by atoms with Crippen LogP contribution in [-0.4, -0.2) is 5.78 Å². The Kier molecular flexibility index (Phi) is 2.21. The molecule has 0 bridgehead atoms. The average Bonchev–Trinajstić information content (AvgIpc) is 2.19. The van der Waals surface area contributed by atoms with Crippen LogP contribution >= 0.6 is 0 Å². The molecule has 1 aliphatic carbocycles. The van der Waals surface area contributed by atoms with Crippen LogP contribution in [0.15, 0.2) is 23.3 Å². The second kappa shape index (κ2) is 3.52. The van der Waals surface area contributed by atoms with Crippen LogP contribution in [-0.2, 0) is 6.42 Å². The van der Waals surface area contributed by atoms with Gasteiger partial charge in [0.2, 0.25) is 0 Å². The van der Waals surface area contributed by atoms with E-state index in [9.17, 15) is 4.79 Å². The number of carbonyl (C=O) groups excluding carboxylic acids is 1. The van der Waals surface area contributed by atoms with Crippen LogP contribution in [0.3, 0.4) is 0 Å². The normalized spacial score (nSPS) is 14.4. The van der Waals surface area contributed by atoms with Gasteiger partial charge in [-0.15, -0.1) is 0 Å². The molecule has 0 atom stereocenters. The van der Waals surface area contributed by atoms with E-state index in [1.807, 2.05) is 12.1 Å². The maximum absolute atomic E-state index is 11.6. The zero-order chi connectivity index (χ0) is 9.97. The molecule has 0 heterocycles. The molecule has 0 radical (unpaired) electrons. The minimum absolute atomic E-state index is 0.0919. The molecular formula is C10H9N3O. The van der Waals surface area contributed by atoms with Crippen LogP contribution in [0.25, 0.3) is 10.4 Å². The van der Waals surface area contributed by atoms with Crippen molar-refractivity contribution < 1.29 is 4.79 Å². The molecule has 1 aliphatic rings. The Labute approximate surface area is 81.2 Å². The molecule has 0 spiro atoms. The van der Waals surface area contributed by atoms with Crippen molar-refractivity contribution in [2.24, 2.45) is 5.11 Å². The monoisotopic (exact) mass is 187 g/mol. The average molecular weight is 187 g/mol. The van der Waals surface area contributed by atoms with E-state index in [-0.39, 0.29) is 5.78 Å². The molecule has 0 amide bonds. The smallest absolute Gasteiger partial charge is 0.163 e. The number of benzene rings is 1. The lowest BCUT2D eigenvalue weighted by Gasteiger charge is -2.15. The van der Waals surface area contributed by atoms with Gasteiger partial charge in [-0.05, 0) is 23.9 Å². The number of hydrogen-bond acceptors (Lipinski definition) is 2. The fourth-order valence-corrected chi connectivity index (χ4v) is 1.81. The molecule has 4 heteroatoms. The topological polar surface area (TPSA) is 65.8 Å². The highest BCUT2D eigenvalue weighted by Crippen LogP contribution is 2.29. The second-order valence-electron chi connectivity index (χ2n) is 3.28. The van der Waals surface area contributed by atoms with Gasteiger partial charge in [-0.2, -0.15) is 0 Å². The molecule has 2 rings (SSSR count). The van der Waals surface area contributed by atoms with E-state index in [0.29, 0.717) is 17.7 Å². The van der Waals surface area contributed by atoms with Crippen molar-refractivity contribution in [3.05, 3.63) is 39.8 Å². The van der Waals surface area contributed by atoms with Crippen molar-refractivity contribution in [2.45, 2.75) is 19.3 Å². The highest BCUT2D eigenvalue weighted by molar-refractivity contribution is 6.02. The first-order valence-electron chi connectivity index (χ1n) is 4.53. The number of carbonyl (C=O) groups is 1. The van der Waals surface area contributed by atoms with Crippen LogP contribution in [0, 0.1) is 0 Å². The Morgan fingerprint density at radius 2 is 2.21 bits per heavy atom. The molecule has 0 aromatic heterocycles. The van der Waals surface area contributed by atoms with E-state index in [1.54, 1.807) is 6.07 Å². The fraction of sp³-hybridized carbons (Fsp3) is 0.300. The molecule has 14 heavy (non-hydrogen) atoms. The highest BCUT2D eigenvalue weighted by Gasteiger charge is 2.19. The second-order valence-corrected chi connectivity index (χ2v) is 3.28. The lowest BCUT2D eigenvalue weighted by molar-refractivity contribution is 0.0973. The van der Waals surface area contributed by atoms with Gasteiger partial charge in [-0.25, -0.2) is 0 Å². The third-order valence-electron chi connectivity index (χ3n) is 2.41. The van der Waals surface area contributed by atoms with Gasteiger partial charge in [-0.1, -0.05) is 23.3 Å². The number of aryl methyl sites for hydroxylation is 1. The summed E-state index contributed by atoms with van der Waals surface area (Å²) in [6.07, 6.45) is 2.35. The third kappa shape index (κ3) is 1.36. The van der Waals surface area contributed by atoms with Crippen molar-refractivity contribution in [3.8, 4) is 0 Å². The van der Waals surface area contributed by atoms with Crippen LogP contribution in [0.1, 0.15) is 28.8 Å². The maximum Gasteiger partial charge on any atom is 0.163 e. The third-order valence-corrected chi connectivity index (χ3v) is 2.41. The van der Waals surface area contributed by atoms with Gasteiger partial charge < -0.3 is 0 Å². The summed E-state index contributed by atoms with van der Waals surface area (Å²) in [7, 11) is 0. The molecule has 0 fully saturated rings. The Morgan fingerprint density at radius 3 is 3.00 bits per heavy atom. The Bertz CT molecular complexity index is 433. The summed E-state index contributed by atoms with van der Waals surface area (Å²) in [4.78, 5) is 14.3. The number of azide groups is 1. The minimum Gasteiger partial charge on any atom is -0.294 e. The van der Waals surface area contributed by atoms with E-state index in [4.69, 9.17) is 5.53 Å². The highest BCUT2D eigenvalue weighted by atomic mass is 16.1. The Morgan fingerprint density at radius 1 is 1.36 bits per heavy atom. The number of ketones is 1. The zero-order valence-corrected chi connectivity index (χ0v) is 7.60. The number of Topliss-reactive ketones (excluding diaryl/α,β-unsaturated/α-hetero) is 1. The van der Waals surface area contributed by atoms with E-state index in [2.05, 4.69) is 10.0 Å². The summed E-state index contributed by atoms with van der Waals surface area (Å²) < 4.78 is 0. The van der Waals surface area contributed by atoms with Crippen molar-refractivity contribution in [1.29, 1.82) is 0 Å². The quantitative estimate of drug-likeness (QED) is 0.378. The lowest BCUT2D eigenvalue weighted by atomic mass is 9.89. The summed E-state index contributed by atoms with van der Waals surface area (Å²) in [5.74, 6) is 0.0919. The maximum atomic E-state index is 11.6. The molecule has 0 N–H and O–H groups in total. The van der Waals surface area contributed by atoms with Gasteiger partial charge in [0, 0.05) is 22.6 Å². The summed E-state index contributed by atoms with van der Waals surface area (Å²) in [5.41, 5.74) is 10.4. The largest absolute Gasteiger partial charge is 0.294 e. The van der Waals surface area contributed by atoms with Crippen molar-refractivity contribution in [1.82, 2.24) is 0 Å². The molecule has 0 aliphatic heterocycles. The predicted octanol–water partition coefficient (Wildman–Crippen LogP) is 3.15. The first kappa shape index (κ1) is 8.78.